The van der Waals surface area contributed by atoms with Crippen molar-refractivity contribution >= 4 is 29.9 Å². The van der Waals surface area contributed by atoms with Gasteiger partial charge in [-0.25, -0.2) is 4.99 Å². The van der Waals surface area contributed by atoms with Gasteiger partial charge in [0.25, 0.3) is 0 Å². The predicted molar refractivity (Wildman–Crippen MR) is 122 cm³/mol. The summed E-state index contributed by atoms with van der Waals surface area (Å²) in [5, 5.41) is 11.9. The quantitative estimate of drug-likeness (QED) is 0.360. The molecule has 3 heterocycles. The Labute approximate surface area is 186 Å². The van der Waals surface area contributed by atoms with E-state index in [1.165, 1.54) is 6.54 Å². The third-order valence-corrected chi connectivity index (χ3v) is 5.36. The molecule has 1 N–H and O–H groups in total. The van der Waals surface area contributed by atoms with E-state index < -0.39 is 0 Å². The van der Waals surface area contributed by atoms with Crippen LogP contribution in [0.3, 0.4) is 0 Å². The van der Waals surface area contributed by atoms with E-state index in [0.717, 1.165) is 69.8 Å². The summed E-state index contributed by atoms with van der Waals surface area (Å²) in [6.07, 6.45) is 2.59. The number of aryl methyl sites for hydroxylation is 1. The average molecular weight is 505 g/mol. The second-order valence-corrected chi connectivity index (χ2v) is 8.06. The first-order valence-electron chi connectivity index (χ1n) is 10.2. The van der Waals surface area contributed by atoms with Gasteiger partial charge in [0.15, 0.2) is 11.8 Å². The highest BCUT2D eigenvalue weighted by Gasteiger charge is 2.22. The predicted octanol–water partition coefficient (Wildman–Crippen LogP) is 1.64. The van der Waals surface area contributed by atoms with Crippen molar-refractivity contribution in [2.45, 2.75) is 46.3 Å². The highest BCUT2D eigenvalue weighted by molar-refractivity contribution is 14.0. The molecule has 0 amide bonds. The molecule has 0 bridgehead atoms. The van der Waals surface area contributed by atoms with Gasteiger partial charge in [0.1, 0.15) is 12.4 Å². The molecule has 160 valence electrons. The van der Waals surface area contributed by atoms with E-state index in [2.05, 4.69) is 39.2 Å². The van der Waals surface area contributed by atoms with Gasteiger partial charge in [-0.1, -0.05) is 13.8 Å². The Hall–Kier alpha value is -0.940. The van der Waals surface area contributed by atoms with Gasteiger partial charge in [-0.2, -0.15) is 0 Å². The summed E-state index contributed by atoms with van der Waals surface area (Å²) in [6, 6.07) is 0. The van der Waals surface area contributed by atoms with E-state index in [-0.39, 0.29) is 24.0 Å². The van der Waals surface area contributed by atoms with Gasteiger partial charge in [0.05, 0.1) is 6.10 Å². The number of rotatable bonds is 6. The van der Waals surface area contributed by atoms with E-state index in [1.54, 1.807) is 0 Å². The van der Waals surface area contributed by atoms with Crippen molar-refractivity contribution in [2.75, 3.05) is 45.9 Å². The Kier molecular flexibility index (Phi) is 9.42. The summed E-state index contributed by atoms with van der Waals surface area (Å²) in [4.78, 5) is 9.79. The molecule has 0 aromatic carbocycles. The van der Waals surface area contributed by atoms with Crippen molar-refractivity contribution in [1.82, 2.24) is 29.9 Å². The van der Waals surface area contributed by atoms with Gasteiger partial charge < -0.3 is 19.5 Å². The maximum absolute atomic E-state index is 5.77. The Balaban J connectivity index is 0.00000280. The fourth-order valence-electron chi connectivity index (χ4n) is 3.67. The third-order valence-electron chi connectivity index (χ3n) is 5.36. The van der Waals surface area contributed by atoms with Gasteiger partial charge >= 0.3 is 0 Å². The summed E-state index contributed by atoms with van der Waals surface area (Å²) in [7, 11) is 1.99. The van der Waals surface area contributed by atoms with E-state index >= 15 is 0 Å². The maximum Gasteiger partial charge on any atom is 0.194 e. The zero-order valence-electron chi connectivity index (χ0n) is 17.7. The molecule has 3 rings (SSSR count). The molecular weight excluding hydrogens is 469 g/mol. The fraction of sp³-hybridized carbons (Fsp3) is 0.842. The number of aliphatic imine (C=N–C) groups is 1. The van der Waals surface area contributed by atoms with E-state index in [0.29, 0.717) is 18.6 Å². The number of hydrogen-bond acceptors (Lipinski definition) is 5. The summed E-state index contributed by atoms with van der Waals surface area (Å²) in [5.41, 5.74) is 0. The maximum atomic E-state index is 5.77. The molecule has 8 nitrogen and oxygen atoms in total. The molecule has 2 saturated heterocycles. The van der Waals surface area contributed by atoms with Crippen LogP contribution in [-0.4, -0.2) is 82.5 Å². The van der Waals surface area contributed by atoms with Crippen LogP contribution in [0.1, 0.15) is 38.3 Å². The molecule has 1 atom stereocenters. The van der Waals surface area contributed by atoms with Crippen molar-refractivity contribution in [3.05, 3.63) is 11.6 Å². The lowest BCUT2D eigenvalue weighted by atomic mass is 10.2. The first-order valence-corrected chi connectivity index (χ1v) is 10.2. The number of nitrogens with zero attached hydrogens (tertiary/aromatic N) is 6. The van der Waals surface area contributed by atoms with Gasteiger partial charge in [0, 0.05) is 52.9 Å². The minimum absolute atomic E-state index is 0. The van der Waals surface area contributed by atoms with Crippen LogP contribution in [0.5, 0.6) is 0 Å². The standard InChI is InChI=1S/C19H35N7O.HI/c1-15(2)14-25-7-9-26(10-8-25)19(20-12-17-6-5-11-27-17)21-13-18-23-22-16(3)24(18)4;/h15,17H,5-14H2,1-4H3,(H,20,21);1H. The largest absolute Gasteiger partial charge is 0.376 e. The first kappa shape index (κ1) is 23.3. The molecule has 1 aromatic heterocycles. The van der Waals surface area contributed by atoms with Gasteiger partial charge in [-0.15, -0.1) is 34.2 Å². The van der Waals surface area contributed by atoms with E-state index in [4.69, 9.17) is 9.73 Å². The Morgan fingerprint density at radius 2 is 2.00 bits per heavy atom. The molecule has 0 saturated carbocycles. The van der Waals surface area contributed by atoms with Crippen LogP contribution < -0.4 is 5.32 Å². The lowest BCUT2D eigenvalue weighted by Gasteiger charge is -2.37. The highest BCUT2D eigenvalue weighted by Crippen LogP contribution is 2.12. The van der Waals surface area contributed by atoms with Crippen LogP contribution >= 0.6 is 24.0 Å². The molecule has 2 aliphatic rings. The van der Waals surface area contributed by atoms with Gasteiger partial charge in [-0.3, -0.25) is 4.90 Å². The smallest absolute Gasteiger partial charge is 0.194 e. The van der Waals surface area contributed by atoms with Crippen molar-refractivity contribution in [3.8, 4) is 0 Å². The summed E-state index contributed by atoms with van der Waals surface area (Å²) in [5.74, 6) is 3.48. The zero-order chi connectivity index (χ0) is 19.2. The van der Waals surface area contributed by atoms with Crippen molar-refractivity contribution in [2.24, 2.45) is 18.0 Å². The highest BCUT2D eigenvalue weighted by atomic mass is 127. The molecule has 28 heavy (non-hydrogen) atoms. The van der Waals surface area contributed by atoms with Crippen molar-refractivity contribution < 1.29 is 4.74 Å². The molecule has 0 spiro atoms. The Morgan fingerprint density at radius 3 is 2.57 bits per heavy atom. The second-order valence-electron chi connectivity index (χ2n) is 8.06. The van der Waals surface area contributed by atoms with Gasteiger partial charge in [-0.05, 0) is 25.7 Å². The zero-order valence-corrected chi connectivity index (χ0v) is 20.1. The molecule has 0 aliphatic carbocycles. The second kappa shape index (κ2) is 11.3. The number of hydrogen-bond donors (Lipinski definition) is 1. The van der Waals surface area contributed by atoms with Crippen LogP contribution in [0.25, 0.3) is 0 Å². The van der Waals surface area contributed by atoms with Crippen LogP contribution in [-0.2, 0) is 18.3 Å². The molecule has 9 heteroatoms. The molecule has 0 radical (unpaired) electrons. The minimum atomic E-state index is 0. The lowest BCUT2D eigenvalue weighted by molar-refractivity contribution is 0.112. The Bertz CT molecular complexity index is 620. The normalized spacial score (nSPS) is 21.2. The van der Waals surface area contributed by atoms with Gasteiger partial charge in [0.2, 0.25) is 0 Å². The molecular formula is C19H36IN7O. The minimum Gasteiger partial charge on any atom is -0.376 e. The van der Waals surface area contributed by atoms with E-state index in [1.807, 2.05) is 18.5 Å². The molecule has 2 aliphatic heterocycles. The SMILES string of the molecule is Cc1nnc(CN=C(NCC2CCCO2)N2CCN(CC(C)C)CC2)n1C.I. The van der Waals surface area contributed by atoms with Crippen LogP contribution in [0, 0.1) is 12.8 Å². The number of piperazine rings is 1. The monoisotopic (exact) mass is 505 g/mol. The van der Waals surface area contributed by atoms with Crippen LogP contribution in [0.4, 0.5) is 0 Å². The first-order chi connectivity index (χ1) is 13.0. The fourth-order valence-corrected chi connectivity index (χ4v) is 3.67. The number of guanidine groups is 1. The number of nitrogens with one attached hydrogen (secondary N) is 1. The molecule has 2 fully saturated rings. The third kappa shape index (κ3) is 6.55. The number of aromatic nitrogens is 3. The summed E-state index contributed by atoms with van der Waals surface area (Å²) < 4.78 is 7.77. The van der Waals surface area contributed by atoms with Crippen LogP contribution in [0.2, 0.25) is 0 Å². The lowest BCUT2D eigenvalue weighted by Crippen LogP contribution is -2.53. The van der Waals surface area contributed by atoms with Crippen molar-refractivity contribution in [3.63, 3.8) is 0 Å². The van der Waals surface area contributed by atoms with E-state index in [9.17, 15) is 0 Å². The molecule has 1 aromatic rings. The average Bonchev–Trinajstić information content (AvgIpc) is 3.27. The van der Waals surface area contributed by atoms with Crippen LogP contribution in [0.15, 0.2) is 4.99 Å². The topological polar surface area (TPSA) is 70.8 Å². The summed E-state index contributed by atoms with van der Waals surface area (Å²) >= 11 is 0. The summed E-state index contributed by atoms with van der Waals surface area (Å²) in [6.45, 7) is 14.1. The number of halogens is 1. The number of ether oxygens (including phenoxy) is 1. The molecule has 1 unspecified atom stereocenters. The Morgan fingerprint density at radius 1 is 1.25 bits per heavy atom. The van der Waals surface area contributed by atoms with Crippen molar-refractivity contribution in [1.29, 1.82) is 0 Å².